The third-order valence-corrected chi connectivity index (χ3v) is 6.44. The van der Waals surface area contributed by atoms with Crippen molar-refractivity contribution in [3.05, 3.63) is 46.0 Å². The highest BCUT2D eigenvalue weighted by Gasteiger charge is 2.56. The van der Waals surface area contributed by atoms with Gasteiger partial charge in [-0.3, -0.25) is 4.79 Å². The van der Waals surface area contributed by atoms with Crippen LogP contribution in [-0.2, 0) is 20.9 Å². The number of carbonyl (C=O) groups excluding carboxylic acids is 2. The minimum atomic E-state index is -0.732. The lowest BCUT2D eigenvalue weighted by molar-refractivity contribution is -0.162. The maximum atomic E-state index is 12.8. The van der Waals surface area contributed by atoms with Gasteiger partial charge in [0, 0.05) is 23.6 Å². The van der Waals surface area contributed by atoms with Gasteiger partial charge in [0.1, 0.15) is 12.3 Å². The first-order valence-electron chi connectivity index (χ1n) is 9.68. The average molecular weight is 405 g/mol. The molecule has 2 aliphatic heterocycles. The van der Waals surface area contributed by atoms with Crippen LogP contribution in [0.1, 0.15) is 44.2 Å². The zero-order valence-corrected chi connectivity index (χ0v) is 17.4. The summed E-state index contributed by atoms with van der Waals surface area (Å²) in [5.41, 5.74) is 8.06. The lowest BCUT2D eigenvalue weighted by Crippen LogP contribution is -2.61. The van der Waals surface area contributed by atoms with Crippen molar-refractivity contribution in [2.24, 2.45) is 11.7 Å². The SMILES string of the molecule is CC(C)c1ccc(COC(=O)C2=C(SCCN)C[C@@H]3[C@@H]([C@@H](C)O)C(=O)N23)cc1. The van der Waals surface area contributed by atoms with Crippen molar-refractivity contribution in [2.45, 2.75) is 51.9 Å². The summed E-state index contributed by atoms with van der Waals surface area (Å²) in [6.45, 7) is 6.51. The number of hydrogen-bond acceptors (Lipinski definition) is 6. The van der Waals surface area contributed by atoms with Crippen molar-refractivity contribution in [3.8, 4) is 0 Å². The van der Waals surface area contributed by atoms with E-state index in [1.165, 1.54) is 22.2 Å². The van der Waals surface area contributed by atoms with E-state index in [2.05, 4.69) is 13.8 Å². The largest absolute Gasteiger partial charge is 0.456 e. The second-order valence-electron chi connectivity index (χ2n) is 7.63. The summed E-state index contributed by atoms with van der Waals surface area (Å²) in [5.74, 6) is -0.0541. The van der Waals surface area contributed by atoms with Gasteiger partial charge in [-0.15, -0.1) is 11.8 Å². The van der Waals surface area contributed by atoms with Crippen LogP contribution in [0, 0.1) is 5.92 Å². The number of carbonyl (C=O) groups is 2. The number of esters is 1. The van der Waals surface area contributed by atoms with Gasteiger partial charge < -0.3 is 20.5 Å². The number of amides is 1. The number of hydrogen-bond donors (Lipinski definition) is 2. The van der Waals surface area contributed by atoms with Gasteiger partial charge in [-0.2, -0.15) is 0 Å². The molecule has 3 N–H and O–H groups in total. The second-order valence-corrected chi connectivity index (χ2v) is 8.82. The summed E-state index contributed by atoms with van der Waals surface area (Å²) in [4.78, 5) is 27.6. The molecular formula is C21H28N2O4S. The monoisotopic (exact) mass is 404 g/mol. The van der Waals surface area contributed by atoms with Gasteiger partial charge >= 0.3 is 5.97 Å². The summed E-state index contributed by atoms with van der Waals surface area (Å²) in [5, 5.41) is 9.88. The summed E-state index contributed by atoms with van der Waals surface area (Å²) in [7, 11) is 0. The Morgan fingerprint density at radius 1 is 1.32 bits per heavy atom. The van der Waals surface area contributed by atoms with Gasteiger partial charge in [-0.1, -0.05) is 38.1 Å². The van der Waals surface area contributed by atoms with Crippen LogP contribution in [0.2, 0.25) is 0 Å². The van der Waals surface area contributed by atoms with E-state index < -0.39 is 18.0 Å². The van der Waals surface area contributed by atoms with Gasteiger partial charge in [0.2, 0.25) is 5.91 Å². The number of aliphatic hydroxyl groups excluding tert-OH is 1. The quantitative estimate of drug-likeness (QED) is 0.510. The highest BCUT2D eigenvalue weighted by molar-refractivity contribution is 8.03. The van der Waals surface area contributed by atoms with Crippen molar-refractivity contribution in [1.82, 2.24) is 4.90 Å². The second kappa shape index (κ2) is 8.68. The van der Waals surface area contributed by atoms with E-state index in [0.29, 0.717) is 30.3 Å². The van der Waals surface area contributed by atoms with Crippen LogP contribution < -0.4 is 5.73 Å². The molecule has 0 radical (unpaired) electrons. The van der Waals surface area contributed by atoms with Crippen molar-refractivity contribution >= 4 is 23.6 Å². The smallest absolute Gasteiger partial charge is 0.356 e. The third kappa shape index (κ3) is 3.97. The Hall–Kier alpha value is -1.83. The molecule has 152 valence electrons. The molecule has 7 heteroatoms. The summed E-state index contributed by atoms with van der Waals surface area (Å²) in [6, 6.07) is 7.81. The van der Waals surface area contributed by atoms with E-state index in [0.717, 1.165) is 10.5 Å². The molecule has 2 heterocycles. The van der Waals surface area contributed by atoms with Gasteiger partial charge in [0.15, 0.2) is 0 Å². The molecule has 0 unspecified atom stereocenters. The Balaban J connectivity index is 1.71. The number of thioether (sulfide) groups is 1. The molecule has 0 aromatic heterocycles. The highest BCUT2D eigenvalue weighted by atomic mass is 32.2. The standard InChI is InChI=1S/C21H28N2O4S/c1-12(2)15-6-4-14(5-7-15)11-27-21(26)19-17(28-9-8-22)10-16-18(13(3)24)20(25)23(16)19/h4-7,12-13,16,18,24H,8-11,22H2,1-3H3/t13-,16-,18-/m1/s1. The van der Waals surface area contributed by atoms with E-state index in [-0.39, 0.29) is 18.6 Å². The molecule has 1 amide bonds. The van der Waals surface area contributed by atoms with Crippen molar-refractivity contribution in [2.75, 3.05) is 12.3 Å². The Morgan fingerprint density at radius 3 is 2.57 bits per heavy atom. The van der Waals surface area contributed by atoms with Gasteiger partial charge in [-0.05, 0) is 24.0 Å². The van der Waals surface area contributed by atoms with Crippen LogP contribution in [0.15, 0.2) is 34.9 Å². The first kappa shape index (κ1) is 20.9. The fraction of sp³-hybridized carbons (Fsp3) is 0.524. The molecule has 1 aromatic rings. The van der Waals surface area contributed by atoms with E-state index in [1.807, 2.05) is 24.3 Å². The zero-order chi connectivity index (χ0) is 20.4. The number of ether oxygens (including phenoxy) is 1. The number of aliphatic hydroxyl groups is 1. The zero-order valence-electron chi connectivity index (χ0n) is 16.6. The molecule has 0 aliphatic carbocycles. The number of fused-ring (bicyclic) bond motifs is 1. The number of β-lactam (4-membered cyclic amide) rings is 1. The first-order chi connectivity index (χ1) is 13.3. The minimum Gasteiger partial charge on any atom is -0.456 e. The molecule has 28 heavy (non-hydrogen) atoms. The van der Waals surface area contributed by atoms with E-state index >= 15 is 0 Å². The predicted molar refractivity (Wildman–Crippen MR) is 109 cm³/mol. The van der Waals surface area contributed by atoms with Crippen molar-refractivity contribution in [3.63, 3.8) is 0 Å². The fourth-order valence-corrected chi connectivity index (χ4v) is 4.72. The lowest BCUT2D eigenvalue weighted by Gasteiger charge is -2.44. The number of nitrogens with two attached hydrogens (primary N) is 1. The maximum absolute atomic E-state index is 12.8. The maximum Gasteiger partial charge on any atom is 0.356 e. The van der Waals surface area contributed by atoms with Crippen LogP contribution in [0.25, 0.3) is 0 Å². The molecule has 3 atom stereocenters. The molecule has 3 rings (SSSR count). The Labute approximate surface area is 170 Å². The number of rotatable bonds is 8. The molecule has 2 aliphatic rings. The Morgan fingerprint density at radius 2 is 2.00 bits per heavy atom. The van der Waals surface area contributed by atoms with Crippen LogP contribution in [0.3, 0.4) is 0 Å². The Bertz CT molecular complexity index is 773. The summed E-state index contributed by atoms with van der Waals surface area (Å²) >= 11 is 1.49. The molecule has 1 aromatic carbocycles. The number of nitrogens with zero attached hydrogens (tertiary/aromatic N) is 1. The highest BCUT2D eigenvalue weighted by Crippen LogP contribution is 2.47. The van der Waals surface area contributed by atoms with E-state index in [4.69, 9.17) is 10.5 Å². The average Bonchev–Trinajstić information content (AvgIpc) is 2.98. The lowest BCUT2D eigenvalue weighted by atomic mass is 9.83. The molecule has 6 nitrogen and oxygen atoms in total. The summed E-state index contributed by atoms with van der Waals surface area (Å²) < 4.78 is 5.52. The van der Waals surface area contributed by atoms with Gasteiger partial charge in [-0.25, -0.2) is 4.79 Å². The first-order valence-corrected chi connectivity index (χ1v) is 10.7. The van der Waals surface area contributed by atoms with Gasteiger partial charge in [0.25, 0.3) is 0 Å². The van der Waals surface area contributed by atoms with Crippen LogP contribution in [-0.4, -0.2) is 46.3 Å². The molecule has 1 fully saturated rings. The van der Waals surface area contributed by atoms with E-state index in [9.17, 15) is 14.7 Å². The molecule has 0 spiro atoms. The molecule has 0 saturated carbocycles. The Kier molecular flexibility index (Phi) is 6.47. The topological polar surface area (TPSA) is 92.9 Å². The molecule has 0 bridgehead atoms. The molecule has 1 saturated heterocycles. The van der Waals surface area contributed by atoms with Crippen molar-refractivity contribution in [1.29, 1.82) is 0 Å². The number of benzene rings is 1. The van der Waals surface area contributed by atoms with Crippen molar-refractivity contribution < 1.29 is 19.4 Å². The van der Waals surface area contributed by atoms with Gasteiger partial charge in [0.05, 0.1) is 18.1 Å². The van der Waals surface area contributed by atoms with Crippen LogP contribution >= 0.6 is 11.8 Å². The normalized spacial score (nSPS) is 22.4. The predicted octanol–water partition coefficient (Wildman–Crippen LogP) is 2.37. The van der Waals surface area contributed by atoms with Crippen LogP contribution in [0.5, 0.6) is 0 Å². The van der Waals surface area contributed by atoms with Crippen LogP contribution in [0.4, 0.5) is 0 Å². The third-order valence-electron chi connectivity index (χ3n) is 5.29. The molecular weight excluding hydrogens is 376 g/mol. The minimum absolute atomic E-state index is 0.155. The van der Waals surface area contributed by atoms with E-state index in [1.54, 1.807) is 6.92 Å². The fourth-order valence-electron chi connectivity index (χ4n) is 3.75. The summed E-state index contributed by atoms with van der Waals surface area (Å²) in [6.07, 6.45) is -0.163.